The van der Waals surface area contributed by atoms with Crippen LogP contribution < -0.4 is 10.6 Å². The lowest BCUT2D eigenvalue weighted by atomic mass is 10.1. The van der Waals surface area contributed by atoms with Crippen LogP contribution in [0.3, 0.4) is 0 Å². The van der Waals surface area contributed by atoms with E-state index >= 15 is 0 Å². The molecule has 0 aliphatic heterocycles. The summed E-state index contributed by atoms with van der Waals surface area (Å²) in [5.41, 5.74) is 1.22. The number of hydrogen-bond acceptors (Lipinski definition) is 4. The smallest absolute Gasteiger partial charge is 0.341 e. The Balaban J connectivity index is 2.69. The Morgan fingerprint density at radius 2 is 2.17 bits per heavy atom. The Morgan fingerprint density at radius 1 is 1.50 bits per heavy atom. The zero-order valence-corrected chi connectivity index (χ0v) is 11.1. The molecule has 4 N–H and O–H groups in total. The second-order valence-electron chi connectivity index (χ2n) is 4.54. The van der Waals surface area contributed by atoms with E-state index in [1.54, 1.807) is 0 Å². The van der Waals surface area contributed by atoms with Crippen LogP contribution in [0.4, 0.5) is 5.82 Å². The number of aromatic amines is 1. The number of nitrogens with zero attached hydrogens (tertiary/aromatic N) is 1. The molecule has 0 aliphatic carbocycles. The van der Waals surface area contributed by atoms with Crippen molar-refractivity contribution < 1.29 is 9.90 Å². The molecule has 0 bridgehead atoms. The summed E-state index contributed by atoms with van der Waals surface area (Å²) in [7, 11) is 0. The molecule has 1 heterocycles. The van der Waals surface area contributed by atoms with Crippen molar-refractivity contribution in [3.05, 3.63) is 23.5 Å². The Kier molecular flexibility index (Phi) is 4.76. The van der Waals surface area contributed by atoms with E-state index in [9.17, 15) is 4.79 Å². The molecule has 0 radical (unpaired) electrons. The minimum absolute atomic E-state index is 0.00907. The first-order valence-electron chi connectivity index (χ1n) is 5.87. The highest BCUT2D eigenvalue weighted by Gasteiger charge is 2.14. The number of anilines is 1. The highest BCUT2D eigenvalue weighted by Crippen LogP contribution is 2.14. The lowest BCUT2D eigenvalue weighted by Gasteiger charge is -2.16. The van der Waals surface area contributed by atoms with Gasteiger partial charge in [0.15, 0.2) is 0 Å². The van der Waals surface area contributed by atoms with Crippen LogP contribution in [-0.4, -0.2) is 33.4 Å². The Bertz CT molecular complexity index is 437. The van der Waals surface area contributed by atoms with Crippen molar-refractivity contribution in [3.63, 3.8) is 0 Å². The number of H-pyrrole nitrogens is 1. The molecule has 1 atom stereocenters. The Hall–Kier alpha value is -1.98. The number of aromatic carboxylic acids is 1. The highest BCUT2D eigenvalue weighted by atomic mass is 16.4. The Morgan fingerprint density at radius 3 is 2.72 bits per heavy atom. The van der Waals surface area contributed by atoms with Crippen LogP contribution in [0.1, 0.15) is 38.1 Å². The van der Waals surface area contributed by atoms with Gasteiger partial charge in [-0.2, -0.15) is 5.10 Å². The van der Waals surface area contributed by atoms with Gasteiger partial charge in [-0.25, -0.2) is 4.79 Å². The first-order valence-corrected chi connectivity index (χ1v) is 5.87. The summed E-state index contributed by atoms with van der Waals surface area (Å²) < 4.78 is 0. The van der Waals surface area contributed by atoms with Crippen LogP contribution in [0.2, 0.25) is 0 Å². The topological polar surface area (TPSA) is 90.0 Å². The van der Waals surface area contributed by atoms with Gasteiger partial charge >= 0.3 is 5.97 Å². The van der Waals surface area contributed by atoms with Crippen molar-refractivity contribution >= 4 is 11.8 Å². The summed E-state index contributed by atoms with van der Waals surface area (Å²) in [5, 5.41) is 21.6. The SMILES string of the molecule is C/C(=C/NC(C)C)[C@@H](C)Nc1[nH]ncc1C(=O)O. The molecule has 0 aliphatic rings. The highest BCUT2D eigenvalue weighted by molar-refractivity contribution is 5.92. The molecule has 1 rings (SSSR count). The third-order valence-corrected chi connectivity index (χ3v) is 2.56. The maximum Gasteiger partial charge on any atom is 0.341 e. The number of hydrogen-bond donors (Lipinski definition) is 4. The van der Waals surface area contributed by atoms with E-state index in [2.05, 4.69) is 34.7 Å². The summed E-state index contributed by atoms with van der Waals surface area (Å²) >= 11 is 0. The predicted octanol–water partition coefficient (Wildman–Crippen LogP) is 1.81. The van der Waals surface area contributed by atoms with E-state index in [4.69, 9.17) is 5.11 Å². The normalized spacial score (nSPS) is 13.5. The zero-order chi connectivity index (χ0) is 13.7. The molecule has 0 aromatic carbocycles. The average molecular weight is 252 g/mol. The van der Waals surface area contributed by atoms with E-state index in [0.717, 1.165) is 5.57 Å². The molecular weight excluding hydrogens is 232 g/mol. The van der Waals surface area contributed by atoms with Crippen LogP contribution >= 0.6 is 0 Å². The fourth-order valence-corrected chi connectivity index (χ4v) is 1.31. The number of rotatable bonds is 6. The van der Waals surface area contributed by atoms with E-state index < -0.39 is 5.97 Å². The molecule has 6 nitrogen and oxygen atoms in total. The van der Waals surface area contributed by atoms with Crippen molar-refractivity contribution in [3.8, 4) is 0 Å². The minimum Gasteiger partial charge on any atom is -0.477 e. The van der Waals surface area contributed by atoms with Gasteiger partial charge in [0.2, 0.25) is 0 Å². The molecule has 18 heavy (non-hydrogen) atoms. The summed E-state index contributed by atoms with van der Waals surface area (Å²) in [5.74, 6) is -0.576. The molecule has 1 aromatic heterocycles. The molecule has 1 aromatic rings. The fourth-order valence-electron chi connectivity index (χ4n) is 1.31. The molecule has 0 saturated heterocycles. The van der Waals surface area contributed by atoms with E-state index in [0.29, 0.717) is 11.9 Å². The van der Waals surface area contributed by atoms with Gasteiger partial charge in [0.1, 0.15) is 11.4 Å². The van der Waals surface area contributed by atoms with Gasteiger partial charge in [-0.15, -0.1) is 0 Å². The standard InChI is InChI=1S/C12H20N4O2/c1-7(2)13-5-8(3)9(4)15-11-10(12(17)18)6-14-16-11/h5-7,9,13H,1-4H3,(H,17,18)(H2,14,15,16)/b8-5-/t9-/m1/s1. The molecule has 0 unspecified atom stereocenters. The van der Waals surface area contributed by atoms with Gasteiger partial charge in [-0.1, -0.05) is 0 Å². The minimum atomic E-state index is -1.000. The van der Waals surface area contributed by atoms with E-state index in [-0.39, 0.29) is 11.6 Å². The van der Waals surface area contributed by atoms with E-state index in [1.165, 1.54) is 6.20 Å². The van der Waals surface area contributed by atoms with Gasteiger partial charge < -0.3 is 15.7 Å². The number of carboxylic acid groups (broad SMARTS) is 1. The molecule has 0 saturated carbocycles. The molecule has 0 fully saturated rings. The fraction of sp³-hybridized carbons (Fsp3) is 0.500. The van der Waals surface area contributed by atoms with E-state index in [1.807, 2.05) is 20.0 Å². The average Bonchev–Trinajstić information content (AvgIpc) is 2.73. The zero-order valence-electron chi connectivity index (χ0n) is 11.1. The predicted molar refractivity (Wildman–Crippen MR) is 70.7 cm³/mol. The second-order valence-corrected chi connectivity index (χ2v) is 4.54. The van der Waals surface area contributed by atoms with Gasteiger partial charge in [0.05, 0.1) is 6.20 Å². The lowest BCUT2D eigenvalue weighted by Crippen LogP contribution is -2.22. The van der Waals surface area contributed by atoms with Gasteiger partial charge in [-0.3, -0.25) is 5.10 Å². The summed E-state index contributed by atoms with van der Waals surface area (Å²) in [4.78, 5) is 10.9. The van der Waals surface area contributed by atoms with Crippen LogP contribution in [0.15, 0.2) is 18.0 Å². The van der Waals surface area contributed by atoms with Crippen molar-refractivity contribution in [1.29, 1.82) is 0 Å². The van der Waals surface area contributed by atoms with Crippen LogP contribution in [-0.2, 0) is 0 Å². The van der Waals surface area contributed by atoms with Crippen LogP contribution in [0.25, 0.3) is 0 Å². The van der Waals surface area contributed by atoms with Gasteiger partial charge in [0.25, 0.3) is 0 Å². The molecular formula is C12H20N4O2. The number of nitrogens with one attached hydrogen (secondary N) is 3. The van der Waals surface area contributed by atoms with Gasteiger partial charge in [-0.05, 0) is 39.5 Å². The number of carboxylic acids is 1. The molecule has 6 heteroatoms. The summed E-state index contributed by atoms with van der Waals surface area (Å²) in [6.45, 7) is 8.04. The second kappa shape index (κ2) is 6.09. The van der Waals surface area contributed by atoms with Gasteiger partial charge in [0, 0.05) is 12.1 Å². The largest absolute Gasteiger partial charge is 0.477 e. The molecule has 0 amide bonds. The lowest BCUT2D eigenvalue weighted by molar-refractivity contribution is 0.0698. The molecule has 0 spiro atoms. The third-order valence-electron chi connectivity index (χ3n) is 2.56. The Labute approximate surface area is 106 Å². The quantitative estimate of drug-likeness (QED) is 0.620. The van der Waals surface area contributed by atoms with Crippen molar-refractivity contribution in [1.82, 2.24) is 15.5 Å². The maximum atomic E-state index is 10.9. The first-order chi connectivity index (χ1) is 8.41. The molecule has 100 valence electrons. The summed E-state index contributed by atoms with van der Waals surface area (Å²) in [6.07, 6.45) is 3.22. The summed E-state index contributed by atoms with van der Waals surface area (Å²) in [6, 6.07) is 0.378. The van der Waals surface area contributed by atoms with Crippen LogP contribution in [0, 0.1) is 0 Å². The monoisotopic (exact) mass is 252 g/mol. The van der Waals surface area contributed by atoms with Crippen LogP contribution in [0.5, 0.6) is 0 Å². The van der Waals surface area contributed by atoms with Crippen molar-refractivity contribution in [2.24, 2.45) is 0 Å². The third kappa shape index (κ3) is 3.80. The number of carbonyl (C=O) groups is 1. The first kappa shape index (κ1) is 14.1. The maximum absolute atomic E-state index is 10.9. The number of aromatic nitrogens is 2. The van der Waals surface area contributed by atoms with Crippen molar-refractivity contribution in [2.45, 2.75) is 39.8 Å². The van der Waals surface area contributed by atoms with Crippen molar-refractivity contribution in [2.75, 3.05) is 5.32 Å².